The van der Waals surface area contributed by atoms with Crippen molar-refractivity contribution in [2.45, 2.75) is 51.5 Å². The maximum atomic E-state index is 6.01. The summed E-state index contributed by atoms with van der Waals surface area (Å²) in [5.41, 5.74) is 6.03. The van der Waals surface area contributed by atoms with Gasteiger partial charge >= 0.3 is 0 Å². The summed E-state index contributed by atoms with van der Waals surface area (Å²) in [5, 5.41) is 0. The van der Waals surface area contributed by atoms with E-state index in [4.69, 9.17) is 5.73 Å². The van der Waals surface area contributed by atoms with Gasteiger partial charge in [-0.05, 0) is 72.0 Å². The Kier molecular flexibility index (Phi) is 4.39. The van der Waals surface area contributed by atoms with Crippen molar-refractivity contribution in [2.75, 3.05) is 20.1 Å². The maximum absolute atomic E-state index is 6.01. The van der Waals surface area contributed by atoms with E-state index >= 15 is 0 Å². The lowest BCUT2D eigenvalue weighted by molar-refractivity contribution is 0.327. The molecule has 0 bridgehead atoms. The van der Waals surface area contributed by atoms with Crippen molar-refractivity contribution in [1.82, 2.24) is 4.90 Å². The molecule has 1 heterocycles. The molecule has 2 N–H and O–H groups in total. The fourth-order valence-corrected chi connectivity index (χ4v) is 2.17. The van der Waals surface area contributed by atoms with Crippen LogP contribution in [0.1, 0.15) is 46.0 Å². The molecule has 0 amide bonds. The number of hydrogen-bond donors (Lipinski definition) is 1. The molecule has 0 spiro atoms. The number of hydrogen-bond acceptors (Lipinski definition) is 2. The number of rotatable bonds is 3. The van der Waals surface area contributed by atoms with Gasteiger partial charge in [-0.15, -0.1) is 0 Å². The molecule has 2 nitrogen and oxygen atoms in total. The van der Waals surface area contributed by atoms with Crippen LogP contribution in [0.4, 0.5) is 0 Å². The van der Waals surface area contributed by atoms with Gasteiger partial charge in [-0.2, -0.15) is 0 Å². The fourth-order valence-electron chi connectivity index (χ4n) is 2.17. The zero-order valence-electron chi connectivity index (χ0n) is 10.1. The van der Waals surface area contributed by atoms with E-state index in [1.807, 2.05) is 0 Å². The molecule has 0 saturated carbocycles. The van der Waals surface area contributed by atoms with Crippen molar-refractivity contribution in [2.24, 2.45) is 11.7 Å². The van der Waals surface area contributed by atoms with Gasteiger partial charge in [0.25, 0.3) is 0 Å². The Labute approximate surface area is 88.8 Å². The molecule has 84 valence electrons. The van der Waals surface area contributed by atoms with Gasteiger partial charge in [-0.1, -0.05) is 0 Å². The monoisotopic (exact) mass is 198 g/mol. The molecule has 14 heavy (non-hydrogen) atoms. The molecule has 0 aromatic carbocycles. The summed E-state index contributed by atoms with van der Waals surface area (Å²) < 4.78 is 0. The number of nitrogens with zero attached hydrogens (tertiary/aromatic N) is 1. The summed E-state index contributed by atoms with van der Waals surface area (Å²) in [6.07, 6.45) is 6.62. The molecule has 2 heteroatoms. The smallest absolute Gasteiger partial charge is 0.00971 e. The molecule has 1 aliphatic heterocycles. The van der Waals surface area contributed by atoms with Gasteiger partial charge in [0.1, 0.15) is 0 Å². The van der Waals surface area contributed by atoms with Crippen molar-refractivity contribution in [3.63, 3.8) is 0 Å². The van der Waals surface area contributed by atoms with Crippen molar-refractivity contribution in [3.8, 4) is 0 Å². The second-order valence-electron chi connectivity index (χ2n) is 5.63. The summed E-state index contributed by atoms with van der Waals surface area (Å²) in [5.74, 6) is 0.919. The van der Waals surface area contributed by atoms with Gasteiger partial charge in [-0.25, -0.2) is 0 Å². The number of nitrogens with two attached hydrogens (primary N) is 1. The van der Waals surface area contributed by atoms with Crippen LogP contribution in [0, 0.1) is 5.92 Å². The van der Waals surface area contributed by atoms with Gasteiger partial charge in [0.15, 0.2) is 0 Å². The van der Waals surface area contributed by atoms with Crippen molar-refractivity contribution < 1.29 is 0 Å². The van der Waals surface area contributed by atoms with E-state index in [1.165, 1.54) is 45.2 Å². The first-order chi connectivity index (χ1) is 6.47. The largest absolute Gasteiger partial charge is 0.326 e. The van der Waals surface area contributed by atoms with Crippen molar-refractivity contribution in [1.29, 1.82) is 0 Å². The second-order valence-corrected chi connectivity index (χ2v) is 5.63. The molecule has 0 aromatic heterocycles. The van der Waals surface area contributed by atoms with E-state index in [0.717, 1.165) is 5.92 Å². The second kappa shape index (κ2) is 5.13. The Bertz CT molecular complexity index is 160. The summed E-state index contributed by atoms with van der Waals surface area (Å²) in [6.45, 7) is 6.82. The van der Waals surface area contributed by atoms with Crippen LogP contribution in [0.15, 0.2) is 0 Å². The Hall–Kier alpha value is -0.0800. The standard InChI is InChI=1S/C12H26N2/c1-12(2,13)8-6-11-5-4-9-14(3)10-7-11/h11H,4-10,13H2,1-3H3. The van der Waals surface area contributed by atoms with E-state index in [2.05, 4.69) is 25.8 Å². The van der Waals surface area contributed by atoms with Gasteiger partial charge < -0.3 is 10.6 Å². The lowest BCUT2D eigenvalue weighted by Gasteiger charge is -2.22. The zero-order chi connectivity index (χ0) is 10.6. The molecule has 0 aliphatic carbocycles. The van der Waals surface area contributed by atoms with Gasteiger partial charge in [0.2, 0.25) is 0 Å². The molecule has 0 aromatic rings. The lowest BCUT2D eigenvalue weighted by Crippen LogP contribution is -2.32. The topological polar surface area (TPSA) is 29.3 Å². The van der Waals surface area contributed by atoms with Crippen LogP contribution in [-0.4, -0.2) is 30.6 Å². The van der Waals surface area contributed by atoms with E-state index in [0.29, 0.717) is 0 Å². The third kappa shape index (κ3) is 4.97. The average Bonchev–Trinajstić information content (AvgIpc) is 2.25. The minimum atomic E-state index is 0.0260. The van der Waals surface area contributed by atoms with E-state index in [9.17, 15) is 0 Å². The minimum absolute atomic E-state index is 0.0260. The Morgan fingerprint density at radius 3 is 2.64 bits per heavy atom. The van der Waals surface area contributed by atoms with Crippen LogP contribution in [0.5, 0.6) is 0 Å². The van der Waals surface area contributed by atoms with E-state index < -0.39 is 0 Å². The molecule has 0 radical (unpaired) electrons. The molecule has 1 fully saturated rings. The van der Waals surface area contributed by atoms with Crippen LogP contribution in [0.25, 0.3) is 0 Å². The van der Waals surface area contributed by atoms with Crippen molar-refractivity contribution >= 4 is 0 Å². The molecule has 1 rings (SSSR count). The lowest BCUT2D eigenvalue weighted by atomic mass is 9.89. The first-order valence-electron chi connectivity index (χ1n) is 5.95. The van der Waals surface area contributed by atoms with Gasteiger partial charge in [0.05, 0.1) is 0 Å². The molecular weight excluding hydrogens is 172 g/mol. The Morgan fingerprint density at radius 1 is 1.29 bits per heavy atom. The van der Waals surface area contributed by atoms with Crippen molar-refractivity contribution in [3.05, 3.63) is 0 Å². The Morgan fingerprint density at radius 2 is 2.00 bits per heavy atom. The van der Waals surface area contributed by atoms with E-state index in [1.54, 1.807) is 0 Å². The predicted molar refractivity (Wildman–Crippen MR) is 62.3 cm³/mol. The normalized spacial score (nSPS) is 26.1. The van der Waals surface area contributed by atoms with E-state index in [-0.39, 0.29) is 5.54 Å². The van der Waals surface area contributed by atoms with Crippen LogP contribution >= 0.6 is 0 Å². The summed E-state index contributed by atoms with van der Waals surface area (Å²) in [4.78, 5) is 2.45. The molecular formula is C12H26N2. The van der Waals surface area contributed by atoms with Crippen LogP contribution in [0.2, 0.25) is 0 Å². The third-order valence-electron chi connectivity index (χ3n) is 3.27. The fraction of sp³-hybridized carbons (Fsp3) is 1.00. The first kappa shape index (κ1) is 12.0. The van der Waals surface area contributed by atoms with Crippen LogP contribution in [0.3, 0.4) is 0 Å². The molecule has 1 unspecified atom stereocenters. The molecule has 1 aliphatic rings. The highest BCUT2D eigenvalue weighted by Gasteiger charge is 2.18. The predicted octanol–water partition coefficient (Wildman–Crippen LogP) is 2.24. The van der Waals surface area contributed by atoms with Gasteiger partial charge in [0, 0.05) is 5.54 Å². The minimum Gasteiger partial charge on any atom is -0.326 e. The SMILES string of the molecule is CN1CCCC(CCC(C)(C)N)CC1. The molecule has 1 saturated heterocycles. The van der Waals surface area contributed by atoms with Gasteiger partial charge in [-0.3, -0.25) is 0 Å². The highest BCUT2D eigenvalue weighted by Crippen LogP contribution is 2.23. The molecule has 1 atom stereocenters. The zero-order valence-corrected chi connectivity index (χ0v) is 10.1. The quantitative estimate of drug-likeness (QED) is 0.753. The average molecular weight is 198 g/mol. The van der Waals surface area contributed by atoms with Crippen LogP contribution < -0.4 is 5.73 Å². The highest BCUT2D eigenvalue weighted by molar-refractivity contribution is 4.75. The van der Waals surface area contributed by atoms with Crippen LogP contribution in [-0.2, 0) is 0 Å². The Balaban J connectivity index is 2.24. The number of likely N-dealkylation sites (tertiary alicyclic amines) is 1. The third-order valence-corrected chi connectivity index (χ3v) is 3.27. The first-order valence-corrected chi connectivity index (χ1v) is 5.95. The summed E-state index contributed by atoms with van der Waals surface area (Å²) in [6, 6.07) is 0. The summed E-state index contributed by atoms with van der Waals surface area (Å²) in [7, 11) is 2.23. The summed E-state index contributed by atoms with van der Waals surface area (Å²) >= 11 is 0. The maximum Gasteiger partial charge on any atom is 0.00971 e. The highest BCUT2D eigenvalue weighted by atomic mass is 15.1.